The highest BCUT2D eigenvalue weighted by Crippen LogP contribution is 2.22. The van der Waals surface area contributed by atoms with E-state index in [2.05, 4.69) is 10.3 Å². The molecule has 1 saturated heterocycles. The molecule has 0 bridgehead atoms. The van der Waals surface area contributed by atoms with E-state index in [9.17, 15) is 14.4 Å². The molecular weight excluding hydrogens is 386 g/mol. The van der Waals surface area contributed by atoms with Crippen molar-refractivity contribution in [3.8, 4) is 0 Å². The van der Waals surface area contributed by atoms with Gasteiger partial charge in [0.1, 0.15) is 0 Å². The second kappa shape index (κ2) is 8.88. The zero-order valence-corrected chi connectivity index (χ0v) is 16.0. The third kappa shape index (κ3) is 4.69. The van der Waals surface area contributed by atoms with Crippen LogP contribution in [0.4, 0.5) is 5.69 Å². The number of aromatic nitrogens is 1. The van der Waals surface area contributed by atoms with Crippen LogP contribution in [0.1, 0.15) is 30.3 Å². The van der Waals surface area contributed by atoms with E-state index in [1.807, 2.05) is 0 Å². The van der Waals surface area contributed by atoms with Crippen molar-refractivity contribution in [2.45, 2.75) is 25.9 Å². The number of pyridine rings is 1. The van der Waals surface area contributed by atoms with Gasteiger partial charge < -0.3 is 19.4 Å². The third-order valence-electron chi connectivity index (χ3n) is 4.53. The molecule has 1 N–H and O–H groups in total. The fraction of sp³-hybridized carbons (Fsp3) is 0.368. The molecular formula is C19H20ClN3O5. The van der Waals surface area contributed by atoms with Crippen molar-refractivity contribution in [3.63, 3.8) is 0 Å². The van der Waals surface area contributed by atoms with Gasteiger partial charge in [0.25, 0.3) is 11.8 Å². The summed E-state index contributed by atoms with van der Waals surface area (Å²) >= 11 is 5.90. The second-order valence-corrected chi connectivity index (χ2v) is 6.81. The van der Waals surface area contributed by atoms with E-state index in [1.165, 1.54) is 19.4 Å². The van der Waals surface area contributed by atoms with Crippen molar-refractivity contribution in [3.05, 3.63) is 47.6 Å². The Kier molecular flexibility index (Phi) is 6.30. The molecule has 1 aliphatic heterocycles. The monoisotopic (exact) mass is 405 g/mol. The second-order valence-electron chi connectivity index (χ2n) is 6.45. The Bertz CT molecular complexity index is 847. The van der Waals surface area contributed by atoms with Crippen LogP contribution in [0.3, 0.4) is 0 Å². The number of carbonyl (C=O) groups excluding carboxylic acids is 3. The highest BCUT2D eigenvalue weighted by Gasteiger charge is 2.31. The van der Waals surface area contributed by atoms with Gasteiger partial charge in [-0.1, -0.05) is 11.6 Å². The Balaban J connectivity index is 1.48. The molecule has 2 amide bonds. The lowest BCUT2D eigenvalue weighted by molar-refractivity contribution is -0.158. The molecule has 1 aliphatic rings. The lowest BCUT2D eigenvalue weighted by Gasteiger charge is -2.30. The first-order chi connectivity index (χ1) is 13.5. The Hall–Kier alpha value is -2.87. The number of rotatable bonds is 5. The number of nitrogens with zero attached hydrogens (tertiary/aromatic N) is 2. The summed E-state index contributed by atoms with van der Waals surface area (Å²) in [6.07, 6.45) is 2.90. The molecule has 3 rings (SSSR count). The highest BCUT2D eigenvalue weighted by molar-refractivity contribution is 6.32. The average molecular weight is 406 g/mol. The van der Waals surface area contributed by atoms with Gasteiger partial charge in [-0.25, -0.2) is 4.98 Å². The van der Waals surface area contributed by atoms with Gasteiger partial charge in [-0.2, -0.15) is 0 Å². The van der Waals surface area contributed by atoms with Gasteiger partial charge in [0.2, 0.25) is 0 Å². The predicted octanol–water partition coefficient (Wildman–Crippen LogP) is 2.75. The molecule has 0 aromatic carbocycles. The third-order valence-corrected chi connectivity index (χ3v) is 4.83. The Morgan fingerprint density at radius 1 is 1.29 bits per heavy atom. The molecule has 0 aliphatic carbocycles. The molecule has 2 aromatic heterocycles. The van der Waals surface area contributed by atoms with Gasteiger partial charge in [-0.3, -0.25) is 14.4 Å². The fourth-order valence-corrected chi connectivity index (χ4v) is 3.08. The molecule has 1 fully saturated rings. The molecule has 1 unspecified atom stereocenters. The lowest BCUT2D eigenvalue weighted by atomic mass is 9.97. The maximum absolute atomic E-state index is 12.4. The minimum atomic E-state index is -0.980. The Labute approximate surface area is 166 Å². The van der Waals surface area contributed by atoms with Crippen molar-refractivity contribution in [1.29, 1.82) is 0 Å². The number of hydrogen-bond donors (Lipinski definition) is 1. The summed E-state index contributed by atoms with van der Waals surface area (Å²) in [5.41, 5.74) is 0.349. The maximum Gasteiger partial charge on any atom is 0.309 e. The molecule has 3 heterocycles. The van der Waals surface area contributed by atoms with Gasteiger partial charge in [0.15, 0.2) is 17.0 Å². The summed E-state index contributed by atoms with van der Waals surface area (Å²) in [6, 6.07) is 6.50. The number of halogens is 1. The van der Waals surface area contributed by atoms with Crippen LogP contribution in [-0.4, -0.2) is 46.9 Å². The van der Waals surface area contributed by atoms with Gasteiger partial charge >= 0.3 is 5.97 Å². The molecule has 148 valence electrons. The average Bonchev–Trinajstić information content (AvgIpc) is 3.24. The minimum absolute atomic E-state index is 0.156. The summed E-state index contributed by atoms with van der Waals surface area (Å²) in [5.74, 6) is -1.23. The fourth-order valence-electron chi connectivity index (χ4n) is 2.91. The summed E-state index contributed by atoms with van der Waals surface area (Å²) in [5, 5.41) is 2.74. The van der Waals surface area contributed by atoms with Crippen molar-refractivity contribution in [1.82, 2.24) is 9.88 Å². The summed E-state index contributed by atoms with van der Waals surface area (Å²) in [4.78, 5) is 42.4. The number of carbonyl (C=O) groups is 3. The van der Waals surface area contributed by atoms with Crippen molar-refractivity contribution < 1.29 is 23.5 Å². The largest absolute Gasteiger partial charge is 0.459 e. The minimum Gasteiger partial charge on any atom is -0.459 e. The molecule has 28 heavy (non-hydrogen) atoms. The van der Waals surface area contributed by atoms with Crippen molar-refractivity contribution in [2.75, 3.05) is 18.4 Å². The van der Waals surface area contributed by atoms with E-state index in [-0.39, 0.29) is 22.7 Å². The van der Waals surface area contributed by atoms with Crippen molar-refractivity contribution >= 4 is 35.1 Å². The first-order valence-electron chi connectivity index (χ1n) is 8.90. The standard InChI is InChI=1S/C19H20ClN3O5/c1-12(17(24)22-14-4-2-8-21-16(14)20)28-19(26)13-6-9-23(10-7-13)18(25)15-5-3-11-27-15/h2-5,8,11-13H,6-7,9-10H2,1H3,(H,22,24). The SMILES string of the molecule is CC(OC(=O)C1CCN(C(=O)c2ccco2)CC1)C(=O)Nc1cccnc1Cl. The van der Waals surface area contributed by atoms with E-state index < -0.39 is 18.0 Å². The summed E-state index contributed by atoms with van der Waals surface area (Å²) in [7, 11) is 0. The van der Waals surface area contributed by atoms with Crippen LogP contribution >= 0.6 is 11.6 Å². The molecule has 0 spiro atoms. The van der Waals surface area contributed by atoms with Gasteiger partial charge in [-0.05, 0) is 44.0 Å². The number of esters is 1. The van der Waals surface area contributed by atoms with Gasteiger partial charge in [0.05, 0.1) is 17.9 Å². The predicted molar refractivity (Wildman–Crippen MR) is 101 cm³/mol. The van der Waals surface area contributed by atoms with Crippen LogP contribution in [0.15, 0.2) is 41.1 Å². The first-order valence-corrected chi connectivity index (χ1v) is 9.28. The van der Waals surface area contributed by atoms with E-state index >= 15 is 0 Å². The van der Waals surface area contributed by atoms with E-state index in [4.69, 9.17) is 20.8 Å². The first kappa shape index (κ1) is 19.9. The van der Waals surface area contributed by atoms with Crippen LogP contribution in [0.25, 0.3) is 0 Å². The molecule has 0 saturated carbocycles. The van der Waals surface area contributed by atoms with Crippen LogP contribution in [0.2, 0.25) is 5.15 Å². The number of ether oxygens (including phenoxy) is 1. The van der Waals surface area contributed by atoms with Crippen LogP contribution in [-0.2, 0) is 14.3 Å². The van der Waals surface area contributed by atoms with Crippen LogP contribution < -0.4 is 5.32 Å². The zero-order chi connectivity index (χ0) is 20.1. The number of anilines is 1. The lowest BCUT2D eigenvalue weighted by Crippen LogP contribution is -2.41. The van der Waals surface area contributed by atoms with E-state index in [0.717, 1.165) is 0 Å². The van der Waals surface area contributed by atoms with Crippen LogP contribution in [0.5, 0.6) is 0 Å². The van der Waals surface area contributed by atoms with Crippen molar-refractivity contribution in [2.24, 2.45) is 5.92 Å². The molecule has 2 aromatic rings. The normalized spacial score (nSPS) is 15.7. The number of furan rings is 1. The number of nitrogens with one attached hydrogen (secondary N) is 1. The van der Waals surface area contributed by atoms with E-state index in [1.54, 1.807) is 29.2 Å². The molecule has 0 radical (unpaired) electrons. The van der Waals surface area contributed by atoms with Gasteiger partial charge in [0, 0.05) is 19.3 Å². The zero-order valence-electron chi connectivity index (χ0n) is 15.3. The molecule has 8 nitrogen and oxygen atoms in total. The maximum atomic E-state index is 12.4. The smallest absolute Gasteiger partial charge is 0.309 e. The highest BCUT2D eigenvalue weighted by atomic mass is 35.5. The molecule has 9 heteroatoms. The summed E-state index contributed by atoms with van der Waals surface area (Å²) in [6.45, 7) is 2.34. The Morgan fingerprint density at radius 3 is 2.68 bits per heavy atom. The molecule has 1 atom stereocenters. The number of amides is 2. The Morgan fingerprint density at radius 2 is 2.04 bits per heavy atom. The quantitative estimate of drug-likeness (QED) is 0.606. The number of likely N-dealkylation sites (tertiary alicyclic amines) is 1. The van der Waals surface area contributed by atoms with Gasteiger partial charge in [-0.15, -0.1) is 0 Å². The van der Waals surface area contributed by atoms with E-state index in [0.29, 0.717) is 31.6 Å². The number of piperidine rings is 1. The topological polar surface area (TPSA) is 102 Å². The number of hydrogen-bond acceptors (Lipinski definition) is 6. The summed E-state index contributed by atoms with van der Waals surface area (Å²) < 4.78 is 10.4. The van der Waals surface area contributed by atoms with Crippen LogP contribution in [0, 0.1) is 5.92 Å².